The minimum absolute atomic E-state index is 0.478. The second-order valence-electron chi connectivity index (χ2n) is 5.33. The molecule has 6 heteroatoms. The predicted molar refractivity (Wildman–Crippen MR) is 73.1 cm³/mol. The molecule has 2 atom stereocenters. The van der Waals surface area contributed by atoms with Crippen molar-refractivity contribution in [3.8, 4) is 0 Å². The third-order valence-electron chi connectivity index (χ3n) is 3.58. The van der Waals surface area contributed by atoms with Crippen molar-refractivity contribution < 1.29 is 9.15 Å². The number of nitrogens with zero attached hydrogens (tertiary/aromatic N) is 3. The predicted octanol–water partition coefficient (Wildman–Crippen LogP) is 1.43. The van der Waals surface area contributed by atoms with Crippen molar-refractivity contribution in [1.82, 2.24) is 15.5 Å². The van der Waals surface area contributed by atoms with Crippen LogP contribution >= 0.6 is 0 Å². The maximum Gasteiger partial charge on any atom is 0.318 e. The van der Waals surface area contributed by atoms with Crippen molar-refractivity contribution in [3.05, 3.63) is 5.89 Å². The van der Waals surface area contributed by atoms with Crippen molar-refractivity contribution in [3.63, 3.8) is 0 Å². The summed E-state index contributed by atoms with van der Waals surface area (Å²) in [7, 11) is 1.69. The van der Waals surface area contributed by atoms with Crippen molar-refractivity contribution in [2.75, 3.05) is 31.7 Å². The summed E-state index contributed by atoms with van der Waals surface area (Å²) in [6.07, 6.45) is 2.46. The van der Waals surface area contributed by atoms with Gasteiger partial charge in [0.1, 0.15) is 0 Å². The average Bonchev–Trinajstić information content (AvgIpc) is 2.86. The van der Waals surface area contributed by atoms with Crippen molar-refractivity contribution in [1.29, 1.82) is 0 Å². The molecule has 1 aliphatic heterocycles. The van der Waals surface area contributed by atoms with E-state index in [0.29, 0.717) is 37.0 Å². The smallest absolute Gasteiger partial charge is 0.318 e. The Morgan fingerprint density at radius 2 is 2.21 bits per heavy atom. The van der Waals surface area contributed by atoms with Gasteiger partial charge >= 0.3 is 6.01 Å². The molecule has 1 aliphatic rings. The van der Waals surface area contributed by atoms with Crippen LogP contribution in [-0.4, -0.2) is 43.0 Å². The van der Waals surface area contributed by atoms with Gasteiger partial charge in [-0.15, -0.1) is 5.10 Å². The van der Waals surface area contributed by atoms with E-state index in [2.05, 4.69) is 34.3 Å². The van der Waals surface area contributed by atoms with Crippen LogP contribution in [0, 0.1) is 5.92 Å². The molecule has 1 fully saturated rings. The minimum Gasteiger partial charge on any atom is -0.407 e. The maximum atomic E-state index is 5.72. The van der Waals surface area contributed by atoms with Crippen LogP contribution in [0.1, 0.15) is 32.6 Å². The molecule has 2 heterocycles. The molecule has 1 N–H and O–H groups in total. The van der Waals surface area contributed by atoms with E-state index in [4.69, 9.17) is 9.15 Å². The Morgan fingerprint density at radius 1 is 1.37 bits per heavy atom. The lowest BCUT2D eigenvalue weighted by molar-refractivity contribution is 0.198. The lowest BCUT2D eigenvalue weighted by Gasteiger charge is -2.35. The number of methoxy groups -OCH3 is 1. The first-order valence-corrected chi connectivity index (χ1v) is 6.99. The normalized spacial score (nSPS) is 23.8. The topological polar surface area (TPSA) is 63.4 Å². The van der Waals surface area contributed by atoms with E-state index in [0.717, 1.165) is 13.1 Å². The number of hydrogen-bond acceptors (Lipinski definition) is 6. The Bertz CT molecular complexity index is 382. The monoisotopic (exact) mass is 268 g/mol. The highest BCUT2D eigenvalue weighted by molar-refractivity contribution is 5.27. The highest BCUT2D eigenvalue weighted by Crippen LogP contribution is 2.26. The SMILES string of the molecule is COCCNCc1nnc(N2CC(C)CCC2C)o1. The van der Waals surface area contributed by atoms with Crippen LogP contribution in [0.25, 0.3) is 0 Å². The zero-order valence-corrected chi connectivity index (χ0v) is 12.1. The summed E-state index contributed by atoms with van der Waals surface area (Å²) in [5.41, 5.74) is 0. The third-order valence-corrected chi connectivity index (χ3v) is 3.58. The van der Waals surface area contributed by atoms with Crippen LogP contribution in [0.3, 0.4) is 0 Å². The molecule has 0 amide bonds. The van der Waals surface area contributed by atoms with Gasteiger partial charge in [0.2, 0.25) is 5.89 Å². The first kappa shape index (κ1) is 14.3. The summed E-state index contributed by atoms with van der Waals surface area (Å²) in [6, 6.07) is 1.13. The van der Waals surface area contributed by atoms with Gasteiger partial charge in [-0.1, -0.05) is 12.0 Å². The number of nitrogens with one attached hydrogen (secondary N) is 1. The Balaban J connectivity index is 1.88. The van der Waals surface area contributed by atoms with E-state index in [9.17, 15) is 0 Å². The van der Waals surface area contributed by atoms with Crippen LogP contribution in [0.2, 0.25) is 0 Å². The van der Waals surface area contributed by atoms with Crippen LogP contribution in [0.4, 0.5) is 6.01 Å². The fourth-order valence-corrected chi connectivity index (χ4v) is 2.36. The van der Waals surface area contributed by atoms with Crippen LogP contribution in [-0.2, 0) is 11.3 Å². The zero-order chi connectivity index (χ0) is 13.7. The standard InChI is InChI=1S/C13H24N4O2/c1-10-4-5-11(2)17(9-10)13-16-15-12(19-13)8-14-6-7-18-3/h10-11,14H,4-9H2,1-3H3. The Hall–Kier alpha value is -1.14. The first-order valence-electron chi connectivity index (χ1n) is 6.99. The van der Waals surface area contributed by atoms with Crippen molar-refractivity contribution in [2.45, 2.75) is 39.3 Å². The number of anilines is 1. The van der Waals surface area contributed by atoms with Gasteiger partial charge in [0.15, 0.2) is 0 Å². The molecule has 0 aliphatic carbocycles. The Kier molecular flexibility index (Phi) is 5.15. The summed E-state index contributed by atoms with van der Waals surface area (Å²) in [4.78, 5) is 2.22. The van der Waals surface area contributed by atoms with Gasteiger partial charge in [0.05, 0.1) is 13.2 Å². The Morgan fingerprint density at radius 3 is 3.00 bits per heavy atom. The zero-order valence-electron chi connectivity index (χ0n) is 12.1. The molecular weight excluding hydrogens is 244 g/mol. The molecule has 6 nitrogen and oxygen atoms in total. The van der Waals surface area contributed by atoms with Gasteiger partial charge < -0.3 is 19.4 Å². The van der Waals surface area contributed by atoms with Gasteiger partial charge in [-0.2, -0.15) is 0 Å². The highest BCUT2D eigenvalue weighted by atomic mass is 16.5. The van der Waals surface area contributed by atoms with Crippen LogP contribution in [0.5, 0.6) is 0 Å². The molecule has 19 heavy (non-hydrogen) atoms. The summed E-state index contributed by atoms with van der Waals surface area (Å²) in [5.74, 6) is 1.32. The molecule has 108 valence electrons. The van der Waals surface area contributed by atoms with Gasteiger partial charge in [-0.05, 0) is 25.7 Å². The molecular formula is C13H24N4O2. The summed E-state index contributed by atoms with van der Waals surface area (Å²) >= 11 is 0. The van der Waals surface area contributed by atoms with E-state index < -0.39 is 0 Å². The largest absolute Gasteiger partial charge is 0.407 e. The van der Waals surface area contributed by atoms with Crippen LogP contribution < -0.4 is 10.2 Å². The van der Waals surface area contributed by atoms with E-state index in [-0.39, 0.29) is 0 Å². The molecule has 1 aromatic rings. The maximum absolute atomic E-state index is 5.72. The van der Waals surface area contributed by atoms with Crippen molar-refractivity contribution in [2.24, 2.45) is 5.92 Å². The molecule has 0 aromatic carbocycles. The lowest BCUT2D eigenvalue weighted by atomic mass is 9.96. The highest BCUT2D eigenvalue weighted by Gasteiger charge is 2.26. The minimum atomic E-state index is 0.478. The van der Waals surface area contributed by atoms with Gasteiger partial charge in [0.25, 0.3) is 0 Å². The molecule has 1 aromatic heterocycles. The van der Waals surface area contributed by atoms with Gasteiger partial charge in [-0.25, -0.2) is 0 Å². The number of aromatic nitrogens is 2. The summed E-state index contributed by atoms with van der Waals surface area (Å²) in [5, 5.41) is 11.4. The molecule has 0 spiro atoms. The van der Waals surface area contributed by atoms with Gasteiger partial charge in [0, 0.05) is 26.2 Å². The van der Waals surface area contributed by atoms with E-state index in [1.807, 2.05) is 0 Å². The fraction of sp³-hybridized carbons (Fsp3) is 0.846. The number of hydrogen-bond donors (Lipinski definition) is 1. The second-order valence-corrected chi connectivity index (χ2v) is 5.33. The third kappa shape index (κ3) is 3.91. The lowest BCUT2D eigenvalue weighted by Crippen LogP contribution is -2.41. The van der Waals surface area contributed by atoms with E-state index in [1.54, 1.807) is 7.11 Å². The van der Waals surface area contributed by atoms with Crippen LogP contribution in [0.15, 0.2) is 4.42 Å². The Labute approximate surface area is 114 Å². The summed E-state index contributed by atoms with van der Waals surface area (Å²) < 4.78 is 10.7. The molecule has 2 rings (SSSR count). The number of piperidine rings is 1. The second kappa shape index (κ2) is 6.86. The number of ether oxygens (including phenoxy) is 1. The fourth-order valence-electron chi connectivity index (χ4n) is 2.36. The van der Waals surface area contributed by atoms with E-state index >= 15 is 0 Å². The number of rotatable bonds is 6. The molecule has 0 radical (unpaired) electrons. The van der Waals surface area contributed by atoms with E-state index in [1.165, 1.54) is 12.8 Å². The molecule has 2 unspecified atom stereocenters. The quantitative estimate of drug-likeness (QED) is 0.787. The van der Waals surface area contributed by atoms with Crippen molar-refractivity contribution >= 4 is 6.01 Å². The van der Waals surface area contributed by atoms with Gasteiger partial charge in [-0.3, -0.25) is 0 Å². The summed E-state index contributed by atoms with van der Waals surface area (Å²) in [6.45, 7) is 7.54. The molecule has 0 bridgehead atoms. The average molecular weight is 268 g/mol. The molecule has 1 saturated heterocycles. The molecule has 0 saturated carbocycles. The first-order chi connectivity index (χ1) is 9.20.